The van der Waals surface area contributed by atoms with Gasteiger partial charge in [-0.25, -0.2) is 4.98 Å². The molecule has 1 aromatic carbocycles. The van der Waals surface area contributed by atoms with E-state index in [0.717, 1.165) is 34.8 Å². The van der Waals surface area contributed by atoms with Crippen LogP contribution in [0.5, 0.6) is 11.5 Å². The van der Waals surface area contributed by atoms with E-state index in [2.05, 4.69) is 20.5 Å². The van der Waals surface area contributed by atoms with Crippen molar-refractivity contribution in [2.24, 2.45) is 0 Å². The zero-order chi connectivity index (χ0) is 21.2. The van der Waals surface area contributed by atoms with Crippen molar-refractivity contribution < 1.29 is 19.1 Å². The first-order valence-corrected chi connectivity index (χ1v) is 11.5. The van der Waals surface area contributed by atoms with E-state index in [0.29, 0.717) is 35.4 Å². The SMILES string of the molecule is O=C(CN1CCc2nc(NC(=O)c3cccs3)sc2C1)NCc1ccc2c(c1)OCO2. The van der Waals surface area contributed by atoms with E-state index in [1.54, 1.807) is 6.07 Å². The molecule has 0 radical (unpaired) electrons. The van der Waals surface area contributed by atoms with Crippen LogP contribution in [0.25, 0.3) is 0 Å². The molecular weight excluding hydrogens is 436 g/mol. The summed E-state index contributed by atoms with van der Waals surface area (Å²) in [6.45, 7) is 2.40. The third kappa shape index (κ3) is 4.55. The highest BCUT2D eigenvalue weighted by atomic mass is 32.1. The number of carbonyl (C=O) groups is 2. The monoisotopic (exact) mass is 456 g/mol. The van der Waals surface area contributed by atoms with E-state index >= 15 is 0 Å². The Balaban J connectivity index is 1.13. The van der Waals surface area contributed by atoms with Crippen LogP contribution in [0.3, 0.4) is 0 Å². The predicted octanol–water partition coefficient (Wildman–Crippen LogP) is 2.86. The molecule has 5 rings (SSSR count). The van der Waals surface area contributed by atoms with E-state index in [1.807, 2.05) is 29.6 Å². The van der Waals surface area contributed by atoms with Crippen LogP contribution in [0, 0.1) is 0 Å². The first-order valence-electron chi connectivity index (χ1n) is 9.85. The van der Waals surface area contributed by atoms with Gasteiger partial charge in [0, 0.05) is 30.9 Å². The van der Waals surface area contributed by atoms with Gasteiger partial charge in [0.2, 0.25) is 12.7 Å². The number of ether oxygens (including phenoxy) is 2. The minimum absolute atomic E-state index is 0.0307. The molecule has 0 unspecified atom stereocenters. The first kappa shape index (κ1) is 20.0. The number of anilines is 1. The molecule has 160 valence electrons. The summed E-state index contributed by atoms with van der Waals surface area (Å²) in [6.07, 6.45) is 0.760. The molecule has 2 aromatic heterocycles. The summed E-state index contributed by atoms with van der Waals surface area (Å²) in [6, 6.07) is 9.30. The molecule has 0 bridgehead atoms. The summed E-state index contributed by atoms with van der Waals surface area (Å²) in [5.74, 6) is 1.27. The normalized spacial score (nSPS) is 14.8. The van der Waals surface area contributed by atoms with E-state index in [-0.39, 0.29) is 18.6 Å². The molecule has 2 aliphatic heterocycles. The Hall–Kier alpha value is -2.95. The lowest BCUT2D eigenvalue weighted by Gasteiger charge is -2.25. The van der Waals surface area contributed by atoms with Gasteiger partial charge in [-0.3, -0.25) is 19.8 Å². The molecule has 31 heavy (non-hydrogen) atoms. The zero-order valence-electron chi connectivity index (χ0n) is 16.6. The molecule has 0 aliphatic carbocycles. The van der Waals surface area contributed by atoms with E-state index in [9.17, 15) is 9.59 Å². The van der Waals surface area contributed by atoms with Gasteiger partial charge in [0.05, 0.1) is 17.1 Å². The van der Waals surface area contributed by atoms with Crippen LogP contribution in [-0.4, -0.2) is 41.6 Å². The standard InChI is InChI=1S/C21H20N4O4S2/c26-19(22-9-13-3-4-15-16(8-13)29-12-28-15)11-25-6-5-14-18(10-25)31-21(23-14)24-20(27)17-2-1-7-30-17/h1-4,7-8H,5-6,9-12H2,(H,22,26)(H,23,24,27). The van der Waals surface area contributed by atoms with E-state index < -0.39 is 0 Å². The van der Waals surface area contributed by atoms with Gasteiger partial charge in [-0.1, -0.05) is 12.1 Å². The fourth-order valence-corrected chi connectivity index (χ4v) is 5.18. The summed E-state index contributed by atoms with van der Waals surface area (Å²) in [5, 5.41) is 8.32. The average molecular weight is 457 g/mol. The molecule has 3 aromatic rings. The molecule has 2 amide bonds. The highest BCUT2D eigenvalue weighted by molar-refractivity contribution is 7.16. The molecule has 8 nitrogen and oxygen atoms in total. The smallest absolute Gasteiger partial charge is 0.267 e. The van der Waals surface area contributed by atoms with Gasteiger partial charge in [-0.15, -0.1) is 22.7 Å². The van der Waals surface area contributed by atoms with E-state index in [4.69, 9.17) is 9.47 Å². The second kappa shape index (κ2) is 8.66. The fourth-order valence-electron chi connectivity index (χ4n) is 3.51. The second-order valence-electron chi connectivity index (χ2n) is 7.25. The van der Waals surface area contributed by atoms with Crippen LogP contribution >= 0.6 is 22.7 Å². The van der Waals surface area contributed by atoms with Gasteiger partial charge in [0.25, 0.3) is 5.91 Å². The number of aromatic nitrogens is 1. The Morgan fingerprint density at radius 3 is 2.97 bits per heavy atom. The van der Waals surface area contributed by atoms with Crippen LogP contribution in [0.15, 0.2) is 35.7 Å². The fraction of sp³-hybridized carbons (Fsp3) is 0.286. The number of thiazole rings is 1. The van der Waals surface area contributed by atoms with Gasteiger partial charge in [0.1, 0.15) is 0 Å². The van der Waals surface area contributed by atoms with Crippen LogP contribution < -0.4 is 20.1 Å². The molecule has 0 saturated heterocycles. The molecule has 2 N–H and O–H groups in total. The maximum absolute atomic E-state index is 12.4. The molecule has 10 heteroatoms. The summed E-state index contributed by atoms with van der Waals surface area (Å²) in [7, 11) is 0. The van der Waals surface area contributed by atoms with Crippen LogP contribution in [-0.2, 0) is 24.3 Å². The highest BCUT2D eigenvalue weighted by Gasteiger charge is 2.23. The van der Waals surface area contributed by atoms with Crippen molar-refractivity contribution in [3.05, 3.63) is 56.7 Å². The number of nitrogens with zero attached hydrogens (tertiary/aromatic N) is 2. The number of nitrogens with one attached hydrogen (secondary N) is 2. The minimum Gasteiger partial charge on any atom is -0.454 e. The summed E-state index contributed by atoms with van der Waals surface area (Å²) < 4.78 is 10.7. The lowest BCUT2D eigenvalue weighted by Crippen LogP contribution is -2.39. The number of amides is 2. The number of carbonyl (C=O) groups excluding carboxylic acids is 2. The average Bonchev–Trinajstić information content (AvgIpc) is 3.51. The van der Waals surface area contributed by atoms with Crippen LogP contribution in [0.1, 0.15) is 25.8 Å². The maximum Gasteiger partial charge on any atom is 0.267 e. The number of hydrogen-bond donors (Lipinski definition) is 2. The topological polar surface area (TPSA) is 92.8 Å². The van der Waals surface area contributed by atoms with Crippen LogP contribution in [0.2, 0.25) is 0 Å². The van der Waals surface area contributed by atoms with Gasteiger partial charge in [-0.05, 0) is 29.1 Å². The van der Waals surface area contributed by atoms with Gasteiger partial charge in [-0.2, -0.15) is 0 Å². The predicted molar refractivity (Wildman–Crippen MR) is 118 cm³/mol. The Morgan fingerprint density at radius 2 is 2.10 bits per heavy atom. The van der Waals surface area contributed by atoms with Crippen LogP contribution in [0.4, 0.5) is 5.13 Å². The third-order valence-corrected chi connectivity index (χ3v) is 6.94. The molecule has 0 atom stereocenters. The van der Waals surface area contributed by atoms with Crippen molar-refractivity contribution in [2.45, 2.75) is 19.5 Å². The van der Waals surface area contributed by atoms with Gasteiger partial charge >= 0.3 is 0 Å². The molecular formula is C21H20N4O4S2. The Kier molecular flexibility index (Phi) is 5.58. The third-order valence-electron chi connectivity index (χ3n) is 5.07. The first-order chi connectivity index (χ1) is 15.1. The lowest BCUT2D eigenvalue weighted by atomic mass is 10.2. The summed E-state index contributed by atoms with van der Waals surface area (Å²) in [5.41, 5.74) is 1.97. The zero-order valence-corrected chi connectivity index (χ0v) is 18.2. The number of thiophene rings is 1. The number of fused-ring (bicyclic) bond motifs is 2. The Bertz CT molecular complexity index is 1110. The second-order valence-corrected chi connectivity index (χ2v) is 9.28. The van der Waals surface area contributed by atoms with Crippen molar-refractivity contribution in [3.8, 4) is 11.5 Å². The number of hydrogen-bond acceptors (Lipinski definition) is 8. The molecule has 4 heterocycles. The Morgan fingerprint density at radius 1 is 1.19 bits per heavy atom. The highest BCUT2D eigenvalue weighted by Crippen LogP contribution is 2.32. The van der Waals surface area contributed by atoms with Gasteiger partial charge in [0.15, 0.2) is 16.6 Å². The van der Waals surface area contributed by atoms with Crippen molar-refractivity contribution in [2.75, 3.05) is 25.2 Å². The largest absolute Gasteiger partial charge is 0.454 e. The molecule has 0 fully saturated rings. The van der Waals surface area contributed by atoms with Crippen molar-refractivity contribution >= 4 is 39.6 Å². The Labute approximate surface area is 186 Å². The minimum atomic E-state index is -0.138. The number of rotatable bonds is 6. The van der Waals surface area contributed by atoms with Gasteiger partial charge < -0.3 is 14.8 Å². The molecule has 0 spiro atoms. The summed E-state index contributed by atoms with van der Waals surface area (Å²) in [4.78, 5) is 33.1. The lowest BCUT2D eigenvalue weighted by molar-refractivity contribution is -0.122. The molecule has 2 aliphatic rings. The van der Waals surface area contributed by atoms with E-state index in [1.165, 1.54) is 22.7 Å². The summed E-state index contributed by atoms with van der Waals surface area (Å²) >= 11 is 2.88. The van der Waals surface area contributed by atoms with Crippen molar-refractivity contribution in [1.29, 1.82) is 0 Å². The molecule has 0 saturated carbocycles. The van der Waals surface area contributed by atoms with Crippen molar-refractivity contribution in [3.63, 3.8) is 0 Å². The quantitative estimate of drug-likeness (QED) is 0.593. The maximum atomic E-state index is 12.4. The number of benzene rings is 1. The van der Waals surface area contributed by atoms with Crippen molar-refractivity contribution in [1.82, 2.24) is 15.2 Å².